The summed E-state index contributed by atoms with van der Waals surface area (Å²) < 4.78 is 28.4. The molecule has 1 fully saturated rings. The van der Waals surface area contributed by atoms with E-state index in [4.69, 9.17) is 0 Å². The quantitative estimate of drug-likeness (QED) is 0.886. The van der Waals surface area contributed by atoms with E-state index in [-0.39, 0.29) is 6.04 Å². The molecule has 1 aliphatic rings. The van der Waals surface area contributed by atoms with Gasteiger partial charge in [0.1, 0.15) is 5.01 Å². The van der Waals surface area contributed by atoms with E-state index in [0.29, 0.717) is 19.5 Å². The number of nitrogens with one attached hydrogen (secondary N) is 1. The molecule has 1 aromatic heterocycles. The highest BCUT2D eigenvalue weighted by Gasteiger charge is 2.28. The molecular weight excluding hydrogens is 258 g/mol. The fraction of sp³-hybridized carbons (Fsp3) is 0.700. The predicted molar refractivity (Wildman–Crippen MR) is 68.0 cm³/mol. The second-order valence-corrected chi connectivity index (χ2v) is 6.69. The third-order valence-corrected chi connectivity index (χ3v) is 5.37. The smallest absolute Gasteiger partial charge is 0.248 e. The summed E-state index contributed by atoms with van der Waals surface area (Å²) in [5, 5.41) is 2.69. The van der Waals surface area contributed by atoms with E-state index in [1.165, 1.54) is 15.6 Å². The fourth-order valence-electron chi connectivity index (χ4n) is 1.90. The molecule has 1 atom stereocenters. The normalized spacial score (nSPS) is 19.6. The molecule has 0 unspecified atom stereocenters. The average Bonchev–Trinajstić information content (AvgIpc) is 2.97. The van der Waals surface area contributed by atoms with Crippen LogP contribution in [0.15, 0.2) is 11.6 Å². The number of hydrogen-bond acceptors (Lipinski definition) is 4. The van der Waals surface area contributed by atoms with E-state index in [2.05, 4.69) is 9.71 Å². The molecule has 5 nitrogen and oxygen atoms in total. The minimum Gasteiger partial charge on any atom is -0.248 e. The van der Waals surface area contributed by atoms with Crippen molar-refractivity contribution in [2.75, 3.05) is 13.1 Å². The number of thiazole rings is 1. The average molecular weight is 275 g/mol. The van der Waals surface area contributed by atoms with Crippen molar-refractivity contribution in [1.82, 2.24) is 14.0 Å². The Morgan fingerprint density at radius 2 is 2.24 bits per heavy atom. The Hall–Kier alpha value is -0.500. The Labute approximate surface area is 106 Å². The SMILES string of the molecule is CC[C@H](NS(=O)(=O)N1CCCC1)c1nccs1. The Morgan fingerprint density at radius 3 is 2.76 bits per heavy atom. The maximum absolute atomic E-state index is 12.1. The lowest BCUT2D eigenvalue weighted by molar-refractivity contribution is 0.450. The van der Waals surface area contributed by atoms with Gasteiger partial charge in [0, 0.05) is 24.7 Å². The lowest BCUT2D eigenvalue weighted by Crippen LogP contribution is -2.40. The van der Waals surface area contributed by atoms with E-state index >= 15 is 0 Å². The molecule has 0 bridgehead atoms. The van der Waals surface area contributed by atoms with Gasteiger partial charge in [0.15, 0.2) is 0 Å². The standard InChI is InChI=1S/C10H17N3O2S2/c1-2-9(10-11-5-8-16-10)12-17(14,15)13-6-3-4-7-13/h5,8-9,12H,2-4,6-7H2,1H3/t9-/m0/s1. The van der Waals surface area contributed by atoms with Gasteiger partial charge in [-0.3, -0.25) is 0 Å². The lowest BCUT2D eigenvalue weighted by Gasteiger charge is -2.20. The molecule has 17 heavy (non-hydrogen) atoms. The Bertz CT molecular complexity index is 438. The molecule has 2 rings (SSSR count). The van der Waals surface area contributed by atoms with Gasteiger partial charge < -0.3 is 0 Å². The molecule has 1 N–H and O–H groups in total. The minimum absolute atomic E-state index is 0.208. The van der Waals surface area contributed by atoms with Crippen LogP contribution in [0.4, 0.5) is 0 Å². The van der Waals surface area contributed by atoms with Crippen LogP contribution >= 0.6 is 11.3 Å². The second-order valence-electron chi connectivity index (χ2n) is 4.06. The van der Waals surface area contributed by atoms with Crippen LogP contribution in [0.1, 0.15) is 37.2 Å². The van der Waals surface area contributed by atoms with Crippen molar-refractivity contribution in [3.63, 3.8) is 0 Å². The van der Waals surface area contributed by atoms with Crippen molar-refractivity contribution in [2.45, 2.75) is 32.2 Å². The van der Waals surface area contributed by atoms with Gasteiger partial charge in [0.05, 0.1) is 6.04 Å². The first-order valence-electron chi connectivity index (χ1n) is 5.80. The first-order valence-corrected chi connectivity index (χ1v) is 8.12. The molecule has 0 aliphatic carbocycles. The van der Waals surface area contributed by atoms with E-state index in [0.717, 1.165) is 17.8 Å². The summed E-state index contributed by atoms with van der Waals surface area (Å²) in [6.07, 6.45) is 4.32. The zero-order chi connectivity index (χ0) is 12.3. The summed E-state index contributed by atoms with van der Waals surface area (Å²) in [6, 6.07) is -0.208. The molecule has 96 valence electrons. The maximum atomic E-state index is 12.1. The number of rotatable bonds is 5. The third kappa shape index (κ3) is 3.04. The molecule has 0 amide bonds. The van der Waals surface area contributed by atoms with Crippen LogP contribution in [0.2, 0.25) is 0 Å². The highest BCUT2D eigenvalue weighted by molar-refractivity contribution is 7.87. The molecule has 2 heterocycles. The molecule has 1 aliphatic heterocycles. The largest absolute Gasteiger partial charge is 0.280 e. The van der Waals surface area contributed by atoms with Crippen LogP contribution in [0, 0.1) is 0 Å². The summed E-state index contributed by atoms with van der Waals surface area (Å²) >= 11 is 1.48. The van der Waals surface area contributed by atoms with Gasteiger partial charge in [-0.25, -0.2) is 4.98 Å². The molecule has 7 heteroatoms. The predicted octanol–water partition coefficient (Wildman–Crippen LogP) is 1.52. The molecule has 0 aromatic carbocycles. The van der Waals surface area contributed by atoms with Gasteiger partial charge in [-0.15, -0.1) is 11.3 Å². The van der Waals surface area contributed by atoms with E-state index in [1.807, 2.05) is 12.3 Å². The van der Waals surface area contributed by atoms with Crippen molar-refractivity contribution in [2.24, 2.45) is 0 Å². The third-order valence-electron chi connectivity index (χ3n) is 2.85. The number of nitrogens with zero attached hydrogens (tertiary/aromatic N) is 2. The summed E-state index contributed by atoms with van der Waals surface area (Å²) in [6.45, 7) is 3.21. The number of hydrogen-bond donors (Lipinski definition) is 1. The van der Waals surface area contributed by atoms with Gasteiger partial charge in [-0.05, 0) is 19.3 Å². The number of aromatic nitrogens is 1. The van der Waals surface area contributed by atoms with Crippen molar-refractivity contribution < 1.29 is 8.42 Å². The van der Waals surface area contributed by atoms with Crippen LogP contribution in [0.25, 0.3) is 0 Å². The topological polar surface area (TPSA) is 62.3 Å². The fourth-order valence-corrected chi connectivity index (χ4v) is 4.27. The van der Waals surface area contributed by atoms with Crippen LogP contribution in [-0.2, 0) is 10.2 Å². The first kappa shape index (κ1) is 12.9. The minimum atomic E-state index is -3.35. The van der Waals surface area contributed by atoms with Crippen molar-refractivity contribution in [3.05, 3.63) is 16.6 Å². The summed E-state index contributed by atoms with van der Waals surface area (Å²) in [5.41, 5.74) is 0. The van der Waals surface area contributed by atoms with E-state index in [9.17, 15) is 8.42 Å². The maximum Gasteiger partial charge on any atom is 0.280 e. The Kier molecular flexibility index (Phi) is 4.13. The van der Waals surface area contributed by atoms with Gasteiger partial charge in [0.2, 0.25) is 0 Å². The van der Waals surface area contributed by atoms with Gasteiger partial charge in [-0.2, -0.15) is 17.4 Å². The molecule has 1 aromatic rings. The molecule has 0 saturated carbocycles. The van der Waals surface area contributed by atoms with Crippen LogP contribution < -0.4 is 4.72 Å². The summed E-state index contributed by atoms with van der Waals surface area (Å²) in [7, 11) is -3.35. The van der Waals surface area contributed by atoms with Crippen LogP contribution in [0.5, 0.6) is 0 Å². The van der Waals surface area contributed by atoms with Crippen LogP contribution in [-0.4, -0.2) is 30.8 Å². The van der Waals surface area contributed by atoms with Crippen molar-refractivity contribution in [3.8, 4) is 0 Å². The monoisotopic (exact) mass is 275 g/mol. The summed E-state index contributed by atoms with van der Waals surface area (Å²) in [4.78, 5) is 4.17. The van der Waals surface area contributed by atoms with Gasteiger partial charge in [-0.1, -0.05) is 6.92 Å². The van der Waals surface area contributed by atoms with Crippen molar-refractivity contribution in [1.29, 1.82) is 0 Å². The summed E-state index contributed by atoms with van der Waals surface area (Å²) in [5.74, 6) is 0. The van der Waals surface area contributed by atoms with E-state index < -0.39 is 10.2 Å². The molecular formula is C10H17N3O2S2. The van der Waals surface area contributed by atoms with Gasteiger partial charge >= 0.3 is 0 Å². The first-order chi connectivity index (χ1) is 8.13. The van der Waals surface area contributed by atoms with Crippen LogP contribution in [0.3, 0.4) is 0 Å². The zero-order valence-corrected chi connectivity index (χ0v) is 11.4. The Balaban J connectivity index is 2.08. The highest BCUT2D eigenvalue weighted by atomic mass is 32.2. The second kappa shape index (κ2) is 5.43. The zero-order valence-electron chi connectivity index (χ0n) is 9.80. The van der Waals surface area contributed by atoms with Crippen molar-refractivity contribution >= 4 is 21.5 Å². The molecule has 0 spiro atoms. The molecule has 1 saturated heterocycles. The highest BCUT2D eigenvalue weighted by Crippen LogP contribution is 2.21. The van der Waals surface area contributed by atoms with E-state index in [1.54, 1.807) is 6.20 Å². The lowest BCUT2D eigenvalue weighted by atomic mass is 10.3. The molecule has 0 radical (unpaired) electrons. The van der Waals surface area contributed by atoms with Gasteiger partial charge in [0.25, 0.3) is 10.2 Å². The Morgan fingerprint density at radius 1 is 1.53 bits per heavy atom.